The van der Waals surface area contributed by atoms with E-state index < -0.39 is 0 Å². The number of hydrogen-bond donors (Lipinski definition) is 1. The number of pyridine rings is 1. The number of ether oxygens (including phenoxy) is 2. The maximum atomic E-state index is 12.3. The van der Waals surface area contributed by atoms with Crippen LogP contribution in [0.15, 0.2) is 36.5 Å². The van der Waals surface area contributed by atoms with Gasteiger partial charge >= 0.3 is 0 Å². The largest absolute Gasteiger partial charge is 0.472 e. The Balaban J connectivity index is 1.66. The number of halogens is 1. The van der Waals surface area contributed by atoms with E-state index >= 15 is 0 Å². The first-order chi connectivity index (χ1) is 11.1. The van der Waals surface area contributed by atoms with Gasteiger partial charge < -0.3 is 14.8 Å². The fourth-order valence-corrected chi connectivity index (χ4v) is 2.47. The van der Waals surface area contributed by atoms with E-state index in [0.29, 0.717) is 35.4 Å². The summed E-state index contributed by atoms with van der Waals surface area (Å²) in [6.07, 6.45) is 2.40. The number of carbonyl (C=O) groups is 1. The van der Waals surface area contributed by atoms with Gasteiger partial charge in [-0.2, -0.15) is 0 Å². The van der Waals surface area contributed by atoms with Gasteiger partial charge in [-0.3, -0.25) is 4.79 Å². The fourth-order valence-electron chi connectivity index (χ4n) is 2.30. The quantitative estimate of drug-likeness (QED) is 0.931. The number of aromatic nitrogens is 1. The van der Waals surface area contributed by atoms with E-state index in [1.54, 1.807) is 24.3 Å². The summed E-state index contributed by atoms with van der Waals surface area (Å²) in [4.78, 5) is 16.5. The molecule has 1 fully saturated rings. The summed E-state index contributed by atoms with van der Waals surface area (Å²) in [6, 6.07) is 8.77. The molecule has 1 atom stereocenters. The Morgan fingerprint density at radius 1 is 1.39 bits per heavy atom. The smallest absolute Gasteiger partial charge is 0.257 e. The van der Waals surface area contributed by atoms with Gasteiger partial charge in [0.25, 0.3) is 5.91 Å². The van der Waals surface area contributed by atoms with E-state index in [0.717, 1.165) is 12.0 Å². The van der Waals surface area contributed by atoms with Crippen molar-refractivity contribution >= 4 is 23.2 Å². The highest BCUT2D eigenvalue weighted by Gasteiger charge is 2.18. The lowest BCUT2D eigenvalue weighted by Crippen LogP contribution is -2.17. The predicted octanol–water partition coefficient (Wildman–Crippen LogP) is 3.46. The number of nitrogens with zero attached hydrogens (tertiary/aromatic N) is 1. The number of anilines is 1. The third-order valence-corrected chi connectivity index (χ3v) is 4.10. The van der Waals surface area contributed by atoms with Gasteiger partial charge in [0, 0.05) is 29.4 Å². The number of amides is 1. The highest BCUT2D eigenvalue weighted by molar-refractivity contribution is 6.31. The van der Waals surface area contributed by atoms with Crippen molar-refractivity contribution in [1.82, 2.24) is 4.98 Å². The van der Waals surface area contributed by atoms with Gasteiger partial charge in [-0.05, 0) is 30.7 Å². The summed E-state index contributed by atoms with van der Waals surface area (Å²) in [6.45, 7) is 3.15. The molecular formula is C17H17ClN2O3. The molecule has 1 aliphatic heterocycles. The highest BCUT2D eigenvalue weighted by atomic mass is 35.5. The normalized spacial score (nSPS) is 17.0. The van der Waals surface area contributed by atoms with Gasteiger partial charge in [0.05, 0.1) is 18.8 Å². The third-order valence-electron chi connectivity index (χ3n) is 3.69. The SMILES string of the molecule is Cc1c(Cl)cccc1NC(=O)c1ccc(O[C@@H]2CCOC2)nc1. The van der Waals surface area contributed by atoms with Crippen molar-refractivity contribution in [3.05, 3.63) is 52.7 Å². The Hall–Kier alpha value is -2.11. The lowest BCUT2D eigenvalue weighted by molar-refractivity contribution is 0.102. The minimum Gasteiger partial charge on any atom is -0.472 e. The van der Waals surface area contributed by atoms with Crippen LogP contribution in [0.3, 0.4) is 0 Å². The maximum Gasteiger partial charge on any atom is 0.257 e. The molecule has 23 heavy (non-hydrogen) atoms. The van der Waals surface area contributed by atoms with Crippen LogP contribution in [0.1, 0.15) is 22.3 Å². The van der Waals surface area contributed by atoms with Crippen LogP contribution in [-0.2, 0) is 4.74 Å². The minimum absolute atomic E-state index is 0.0382. The molecule has 3 rings (SSSR count). The van der Waals surface area contributed by atoms with E-state index in [4.69, 9.17) is 21.1 Å². The number of benzene rings is 1. The molecule has 1 aliphatic rings. The molecule has 120 valence electrons. The van der Waals surface area contributed by atoms with E-state index in [1.165, 1.54) is 6.20 Å². The van der Waals surface area contributed by atoms with Crippen molar-refractivity contribution < 1.29 is 14.3 Å². The monoisotopic (exact) mass is 332 g/mol. The molecule has 0 spiro atoms. The molecule has 6 heteroatoms. The number of nitrogens with one attached hydrogen (secondary N) is 1. The second kappa shape index (κ2) is 6.98. The molecule has 2 aromatic rings. The molecule has 0 saturated carbocycles. The fraction of sp³-hybridized carbons (Fsp3) is 0.294. The second-order valence-electron chi connectivity index (χ2n) is 5.36. The molecule has 1 saturated heterocycles. The van der Waals surface area contributed by atoms with Crippen molar-refractivity contribution in [2.75, 3.05) is 18.5 Å². The van der Waals surface area contributed by atoms with Crippen molar-refractivity contribution in [3.63, 3.8) is 0 Å². The summed E-state index contributed by atoms with van der Waals surface area (Å²) in [5.41, 5.74) is 1.97. The highest BCUT2D eigenvalue weighted by Crippen LogP contribution is 2.23. The molecule has 0 aliphatic carbocycles. The van der Waals surface area contributed by atoms with Crippen molar-refractivity contribution in [2.24, 2.45) is 0 Å². The molecule has 2 heterocycles. The first-order valence-electron chi connectivity index (χ1n) is 7.40. The summed E-state index contributed by atoms with van der Waals surface area (Å²) in [5, 5.41) is 3.45. The molecule has 1 N–H and O–H groups in total. The Bertz CT molecular complexity index is 697. The average molecular weight is 333 g/mol. The van der Waals surface area contributed by atoms with Crippen LogP contribution in [0.25, 0.3) is 0 Å². The van der Waals surface area contributed by atoms with Crippen LogP contribution in [0.5, 0.6) is 5.88 Å². The number of carbonyl (C=O) groups excluding carboxylic acids is 1. The zero-order chi connectivity index (χ0) is 16.2. The van der Waals surface area contributed by atoms with Gasteiger partial charge in [-0.1, -0.05) is 17.7 Å². The van der Waals surface area contributed by atoms with Gasteiger partial charge in [-0.15, -0.1) is 0 Å². The van der Waals surface area contributed by atoms with Crippen LogP contribution >= 0.6 is 11.6 Å². The Morgan fingerprint density at radius 3 is 2.96 bits per heavy atom. The molecule has 1 aromatic carbocycles. The Morgan fingerprint density at radius 2 is 2.26 bits per heavy atom. The van der Waals surface area contributed by atoms with E-state index in [2.05, 4.69) is 10.3 Å². The third kappa shape index (κ3) is 3.81. The molecule has 0 bridgehead atoms. The van der Waals surface area contributed by atoms with Crippen LogP contribution in [0.2, 0.25) is 5.02 Å². The first-order valence-corrected chi connectivity index (χ1v) is 7.78. The molecule has 1 amide bonds. The molecular weight excluding hydrogens is 316 g/mol. The van der Waals surface area contributed by atoms with Crippen LogP contribution in [-0.4, -0.2) is 30.2 Å². The van der Waals surface area contributed by atoms with Gasteiger partial charge in [0.1, 0.15) is 6.10 Å². The lowest BCUT2D eigenvalue weighted by atomic mass is 10.2. The standard InChI is InChI=1S/C17H17ClN2O3/c1-11-14(18)3-2-4-15(11)20-17(21)12-5-6-16(19-9-12)23-13-7-8-22-10-13/h2-6,9,13H,7-8,10H2,1H3,(H,20,21)/t13-/m1/s1. The molecule has 1 aromatic heterocycles. The van der Waals surface area contributed by atoms with E-state index in [9.17, 15) is 4.79 Å². The maximum absolute atomic E-state index is 12.3. The van der Waals surface area contributed by atoms with Crippen molar-refractivity contribution in [2.45, 2.75) is 19.4 Å². The molecule has 0 unspecified atom stereocenters. The zero-order valence-electron chi connectivity index (χ0n) is 12.7. The zero-order valence-corrected chi connectivity index (χ0v) is 13.5. The average Bonchev–Trinajstić information content (AvgIpc) is 3.05. The van der Waals surface area contributed by atoms with Crippen molar-refractivity contribution in [1.29, 1.82) is 0 Å². The topological polar surface area (TPSA) is 60.5 Å². The number of rotatable bonds is 4. The first kappa shape index (κ1) is 15.8. The van der Waals surface area contributed by atoms with Crippen LogP contribution in [0, 0.1) is 6.92 Å². The second-order valence-corrected chi connectivity index (χ2v) is 5.76. The summed E-state index contributed by atoms with van der Waals surface area (Å²) in [7, 11) is 0. The van der Waals surface area contributed by atoms with E-state index in [1.807, 2.05) is 13.0 Å². The van der Waals surface area contributed by atoms with Crippen LogP contribution in [0.4, 0.5) is 5.69 Å². The molecule has 5 nitrogen and oxygen atoms in total. The minimum atomic E-state index is -0.237. The molecule has 0 radical (unpaired) electrons. The van der Waals surface area contributed by atoms with Crippen LogP contribution < -0.4 is 10.1 Å². The Kier molecular flexibility index (Phi) is 4.79. The predicted molar refractivity (Wildman–Crippen MR) is 88.2 cm³/mol. The summed E-state index contributed by atoms with van der Waals surface area (Å²) < 4.78 is 10.9. The number of hydrogen-bond acceptors (Lipinski definition) is 4. The van der Waals surface area contributed by atoms with Gasteiger partial charge in [0.15, 0.2) is 0 Å². The van der Waals surface area contributed by atoms with Gasteiger partial charge in [0.2, 0.25) is 5.88 Å². The van der Waals surface area contributed by atoms with E-state index in [-0.39, 0.29) is 12.0 Å². The lowest BCUT2D eigenvalue weighted by Gasteiger charge is -2.12. The van der Waals surface area contributed by atoms with Crippen molar-refractivity contribution in [3.8, 4) is 5.88 Å². The summed E-state index contributed by atoms with van der Waals surface area (Å²) >= 11 is 6.05. The van der Waals surface area contributed by atoms with Gasteiger partial charge in [-0.25, -0.2) is 4.98 Å². The Labute approximate surface area is 139 Å². The summed E-state index contributed by atoms with van der Waals surface area (Å²) in [5.74, 6) is 0.259.